The molecule has 1 aromatic rings. The highest BCUT2D eigenvalue weighted by atomic mass is 79.9. The first kappa shape index (κ1) is 17.4. The van der Waals surface area contributed by atoms with E-state index in [-0.39, 0.29) is 15.8 Å². The quantitative estimate of drug-likeness (QED) is 0.613. The Labute approximate surface area is 129 Å². The Morgan fingerprint density at radius 1 is 1.38 bits per heavy atom. The zero-order chi connectivity index (χ0) is 16.6. The van der Waals surface area contributed by atoms with Gasteiger partial charge in [-0.2, -0.15) is 0 Å². The van der Waals surface area contributed by atoms with Crippen LogP contribution in [0.1, 0.15) is 27.7 Å². The molecule has 0 heterocycles. The number of carboxylic acids is 1. The van der Waals surface area contributed by atoms with Crippen LogP contribution in [0.25, 0.3) is 0 Å². The summed E-state index contributed by atoms with van der Waals surface area (Å²) in [7, 11) is 0. The molecule has 0 fully saturated rings. The number of benzene rings is 1. The van der Waals surface area contributed by atoms with Gasteiger partial charge in [-0.3, -0.25) is 14.9 Å². The Morgan fingerprint density at radius 3 is 2.33 bits per heavy atom. The second-order valence-corrected chi connectivity index (χ2v) is 6.58. The Kier molecular flexibility index (Phi) is 4.62. The van der Waals surface area contributed by atoms with E-state index >= 15 is 0 Å². The second kappa shape index (κ2) is 5.59. The molecule has 0 atom stereocenters. The maximum absolute atomic E-state index is 13.6. The fourth-order valence-corrected chi connectivity index (χ4v) is 1.88. The summed E-state index contributed by atoms with van der Waals surface area (Å²) in [5.74, 6) is -1.74. The Morgan fingerprint density at radius 2 is 1.90 bits per heavy atom. The normalized spacial score (nSPS) is 12.1. The van der Waals surface area contributed by atoms with Gasteiger partial charge >= 0.3 is 5.97 Å². The van der Waals surface area contributed by atoms with Gasteiger partial charge in [0.2, 0.25) is 0 Å². The predicted octanol–water partition coefficient (Wildman–Crippen LogP) is 3.80. The molecule has 0 aromatic heterocycles. The van der Waals surface area contributed by atoms with Crippen molar-refractivity contribution >= 4 is 33.3 Å². The molecule has 8 heteroatoms. The van der Waals surface area contributed by atoms with Gasteiger partial charge in [0.15, 0.2) is 0 Å². The van der Waals surface area contributed by atoms with Crippen LogP contribution in [0.15, 0.2) is 16.6 Å². The highest BCUT2D eigenvalue weighted by Gasteiger charge is 2.44. The van der Waals surface area contributed by atoms with E-state index in [9.17, 15) is 24.4 Å². The highest BCUT2D eigenvalue weighted by molar-refractivity contribution is 9.10. The van der Waals surface area contributed by atoms with Crippen LogP contribution in [0.5, 0.6) is 0 Å². The minimum absolute atomic E-state index is 0.0324. The average molecular weight is 363 g/mol. The van der Waals surface area contributed by atoms with E-state index < -0.39 is 27.7 Å². The zero-order valence-corrected chi connectivity index (χ0v) is 13.6. The molecule has 6 nitrogen and oxygen atoms in total. The first-order chi connectivity index (χ1) is 9.40. The number of aliphatic carboxylic acids is 1. The third kappa shape index (κ3) is 3.31. The lowest BCUT2D eigenvalue weighted by Crippen LogP contribution is -2.50. The predicted molar refractivity (Wildman–Crippen MR) is 79.9 cm³/mol. The van der Waals surface area contributed by atoms with Gasteiger partial charge < -0.3 is 10.4 Å². The fourth-order valence-electron chi connectivity index (χ4n) is 1.55. The number of hydrogen-bond donors (Lipinski definition) is 2. The van der Waals surface area contributed by atoms with Crippen LogP contribution in [-0.2, 0) is 4.79 Å². The van der Waals surface area contributed by atoms with Crippen molar-refractivity contribution in [2.75, 3.05) is 5.32 Å². The van der Waals surface area contributed by atoms with Crippen molar-refractivity contribution in [1.82, 2.24) is 0 Å². The largest absolute Gasteiger partial charge is 0.481 e. The first-order valence-electron chi connectivity index (χ1n) is 6.05. The summed E-state index contributed by atoms with van der Waals surface area (Å²) < 4.78 is 13.6. The molecule has 0 aliphatic rings. The summed E-state index contributed by atoms with van der Waals surface area (Å²) in [6.45, 7) is 6.16. The van der Waals surface area contributed by atoms with Crippen molar-refractivity contribution in [3.8, 4) is 0 Å². The van der Waals surface area contributed by atoms with Crippen LogP contribution >= 0.6 is 15.9 Å². The molecule has 0 unspecified atom stereocenters. The smallest absolute Gasteiger partial charge is 0.311 e. The van der Waals surface area contributed by atoms with E-state index in [2.05, 4.69) is 21.2 Å². The minimum atomic E-state index is -1.23. The summed E-state index contributed by atoms with van der Waals surface area (Å²) >= 11 is 2.89. The van der Waals surface area contributed by atoms with Gasteiger partial charge in [-0.15, -0.1) is 0 Å². The van der Waals surface area contributed by atoms with Gasteiger partial charge in [0.05, 0.1) is 14.8 Å². The second-order valence-electron chi connectivity index (χ2n) is 5.72. The number of hydrogen-bond acceptors (Lipinski definition) is 4. The number of halogens is 2. The SMILES string of the molecule is CC(C)(Nc1cc(F)c(Br)cc1[N+](=O)[O-])C(C)(C)C(=O)O. The maximum Gasteiger partial charge on any atom is 0.311 e. The molecular weight excluding hydrogens is 347 g/mol. The van der Waals surface area contributed by atoms with E-state index in [0.29, 0.717) is 0 Å². The van der Waals surface area contributed by atoms with Crippen molar-refractivity contribution in [2.45, 2.75) is 33.2 Å². The average Bonchev–Trinajstić information content (AvgIpc) is 2.32. The fraction of sp³-hybridized carbons (Fsp3) is 0.462. The molecule has 21 heavy (non-hydrogen) atoms. The Hall–Kier alpha value is -1.70. The molecule has 0 saturated heterocycles. The molecule has 1 aromatic carbocycles. The maximum atomic E-state index is 13.6. The number of nitro benzene ring substituents is 1. The molecular formula is C13H16BrFN2O4. The summed E-state index contributed by atoms with van der Waals surface area (Å²) in [5, 5.41) is 23.1. The van der Waals surface area contributed by atoms with Crippen molar-refractivity contribution in [1.29, 1.82) is 0 Å². The van der Waals surface area contributed by atoms with Crippen LogP contribution in [0.3, 0.4) is 0 Å². The number of anilines is 1. The van der Waals surface area contributed by atoms with Gasteiger partial charge in [-0.05, 0) is 43.6 Å². The molecule has 0 bridgehead atoms. The van der Waals surface area contributed by atoms with Crippen LogP contribution < -0.4 is 5.32 Å². The van der Waals surface area contributed by atoms with Crippen LogP contribution in [0.2, 0.25) is 0 Å². The van der Waals surface area contributed by atoms with Gasteiger partial charge in [0, 0.05) is 17.7 Å². The van der Waals surface area contributed by atoms with Gasteiger partial charge in [0.25, 0.3) is 5.69 Å². The third-order valence-corrected chi connectivity index (χ3v) is 4.39. The monoisotopic (exact) mass is 362 g/mol. The summed E-state index contributed by atoms with van der Waals surface area (Å²) in [4.78, 5) is 21.7. The Balaban J connectivity index is 3.33. The van der Waals surface area contributed by atoms with Gasteiger partial charge in [-0.25, -0.2) is 4.39 Å². The zero-order valence-electron chi connectivity index (χ0n) is 12.0. The van der Waals surface area contributed by atoms with Crippen molar-refractivity contribution in [3.05, 3.63) is 32.5 Å². The number of carbonyl (C=O) groups is 1. The number of nitrogens with zero attached hydrogens (tertiary/aromatic N) is 1. The van der Waals surface area contributed by atoms with Crippen LogP contribution in [0.4, 0.5) is 15.8 Å². The molecule has 116 valence electrons. The third-order valence-electron chi connectivity index (χ3n) is 3.78. The molecule has 0 saturated carbocycles. The topological polar surface area (TPSA) is 92.5 Å². The lowest BCUT2D eigenvalue weighted by Gasteiger charge is -2.39. The lowest BCUT2D eigenvalue weighted by molar-refractivity contribution is -0.384. The van der Waals surface area contributed by atoms with Crippen LogP contribution in [-0.4, -0.2) is 21.5 Å². The van der Waals surface area contributed by atoms with E-state index in [1.54, 1.807) is 13.8 Å². The van der Waals surface area contributed by atoms with Crippen molar-refractivity contribution in [2.24, 2.45) is 5.41 Å². The van der Waals surface area contributed by atoms with Crippen molar-refractivity contribution in [3.63, 3.8) is 0 Å². The van der Waals surface area contributed by atoms with Gasteiger partial charge in [-0.1, -0.05) is 0 Å². The minimum Gasteiger partial charge on any atom is -0.481 e. The van der Waals surface area contributed by atoms with Gasteiger partial charge in [0.1, 0.15) is 11.5 Å². The number of rotatable bonds is 5. The standard InChI is InChI=1S/C13H16BrFN2O4/c1-12(2,11(18)19)13(3,4)16-9-6-8(15)7(14)5-10(9)17(20)21/h5-6,16H,1-4H3,(H,18,19). The summed E-state index contributed by atoms with van der Waals surface area (Å²) in [6, 6.07) is 2.02. The summed E-state index contributed by atoms with van der Waals surface area (Å²) in [6.07, 6.45) is 0. The van der Waals surface area contributed by atoms with Crippen molar-refractivity contribution < 1.29 is 19.2 Å². The number of carboxylic acid groups (broad SMARTS) is 1. The molecule has 0 aliphatic heterocycles. The molecule has 1 rings (SSSR count). The van der Waals surface area contributed by atoms with E-state index in [0.717, 1.165) is 12.1 Å². The number of nitro groups is 1. The van der Waals surface area contributed by atoms with E-state index in [4.69, 9.17) is 0 Å². The van der Waals surface area contributed by atoms with E-state index in [1.165, 1.54) is 13.8 Å². The molecule has 0 spiro atoms. The lowest BCUT2D eigenvalue weighted by atomic mass is 9.74. The Bertz CT molecular complexity index is 602. The molecule has 2 N–H and O–H groups in total. The van der Waals surface area contributed by atoms with Crippen LogP contribution in [0, 0.1) is 21.3 Å². The first-order valence-corrected chi connectivity index (χ1v) is 6.84. The molecule has 0 radical (unpaired) electrons. The highest BCUT2D eigenvalue weighted by Crippen LogP contribution is 2.38. The van der Waals surface area contributed by atoms with E-state index in [1.807, 2.05) is 0 Å². The molecule has 0 amide bonds. The summed E-state index contributed by atoms with van der Waals surface area (Å²) in [5.41, 5.74) is -2.69. The number of nitrogens with one attached hydrogen (secondary N) is 1. The molecule has 0 aliphatic carbocycles.